The fourth-order valence-electron chi connectivity index (χ4n) is 8.69. The second-order valence-electron chi connectivity index (χ2n) is 20.3. The SMILES string of the molecule is CC/C=C\C/C=C\C/C=C\C/C=C\C/C=C\C/C=C\CCCCCCC(=O)OC1C(OCC(NC(=O)C(O)CCCCCC/C=C\CCCC)C(O)/C=C/CCCCCCCCCCCCC)OC(CO)C(O)C1O. The van der Waals surface area contributed by atoms with Gasteiger partial charge < -0.3 is 45.1 Å². The largest absolute Gasteiger partial charge is 0.454 e. The van der Waals surface area contributed by atoms with Crippen LogP contribution < -0.4 is 5.32 Å². The minimum atomic E-state index is -1.63. The molecule has 0 radical (unpaired) electrons. The number of amides is 1. The van der Waals surface area contributed by atoms with Crippen molar-refractivity contribution in [1.82, 2.24) is 5.32 Å². The third-order valence-electron chi connectivity index (χ3n) is 13.5. The maximum absolute atomic E-state index is 13.3. The normalized spacial score (nSPS) is 19.9. The molecule has 1 aliphatic rings. The fraction of sp³-hybridized carbons (Fsp3) is 0.719. The van der Waals surface area contributed by atoms with E-state index in [-0.39, 0.29) is 19.4 Å². The first-order valence-electron chi connectivity index (χ1n) is 30.0. The average Bonchev–Trinajstić information content (AvgIpc) is 3.41. The highest BCUT2D eigenvalue weighted by molar-refractivity contribution is 5.80. The predicted octanol–water partition coefficient (Wildman–Crippen LogP) is 13.9. The Kier molecular flexibility index (Phi) is 47.6. The van der Waals surface area contributed by atoms with Crippen LogP contribution in [0.5, 0.6) is 0 Å². The van der Waals surface area contributed by atoms with Crippen molar-refractivity contribution in [2.45, 2.75) is 282 Å². The molecule has 0 aromatic heterocycles. The first-order chi connectivity index (χ1) is 36.7. The van der Waals surface area contributed by atoms with Crippen molar-refractivity contribution in [2.24, 2.45) is 0 Å². The van der Waals surface area contributed by atoms with E-state index in [0.717, 1.165) is 116 Å². The molecule has 1 heterocycles. The number of carbonyl (C=O) groups excluding carboxylic acids is 2. The summed E-state index contributed by atoms with van der Waals surface area (Å²) in [5.41, 5.74) is 0. The van der Waals surface area contributed by atoms with E-state index in [1.807, 2.05) is 6.08 Å². The van der Waals surface area contributed by atoms with E-state index in [2.05, 4.69) is 111 Å². The number of hydrogen-bond acceptors (Lipinski definition) is 10. The van der Waals surface area contributed by atoms with E-state index in [0.29, 0.717) is 12.8 Å². The lowest BCUT2D eigenvalue weighted by Gasteiger charge is -2.41. The van der Waals surface area contributed by atoms with E-state index in [1.165, 1.54) is 70.6 Å². The van der Waals surface area contributed by atoms with Gasteiger partial charge in [-0.25, -0.2) is 0 Å². The number of ether oxygens (including phenoxy) is 3. The van der Waals surface area contributed by atoms with Gasteiger partial charge in [-0.2, -0.15) is 0 Å². The maximum Gasteiger partial charge on any atom is 0.306 e. The van der Waals surface area contributed by atoms with Crippen molar-refractivity contribution in [2.75, 3.05) is 13.2 Å². The lowest BCUT2D eigenvalue weighted by Crippen LogP contribution is -2.61. The molecule has 0 aliphatic carbocycles. The van der Waals surface area contributed by atoms with E-state index >= 15 is 0 Å². The zero-order chi connectivity index (χ0) is 54.7. The maximum atomic E-state index is 13.3. The zero-order valence-electron chi connectivity index (χ0n) is 47.4. The summed E-state index contributed by atoms with van der Waals surface area (Å²) in [6.07, 6.45) is 57.4. The molecule has 0 aromatic rings. The van der Waals surface area contributed by atoms with Crippen molar-refractivity contribution in [3.63, 3.8) is 0 Å². The molecule has 1 aliphatic heterocycles. The monoisotopic (exact) mass is 1050 g/mol. The molecule has 430 valence electrons. The van der Waals surface area contributed by atoms with Crippen LogP contribution in [0.3, 0.4) is 0 Å². The molecule has 1 rings (SSSR count). The van der Waals surface area contributed by atoms with E-state index < -0.39 is 67.4 Å². The summed E-state index contributed by atoms with van der Waals surface area (Å²) in [4.78, 5) is 26.5. The molecule has 0 bridgehead atoms. The molecule has 1 saturated heterocycles. The van der Waals surface area contributed by atoms with Gasteiger partial charge in [0, 0.05) is 6.42 Å². The Morgan fingerprint density at radius 2 is 0.973 bits per heavy atom. The molecule has 1 amide bonds. The van der Waals surface area contributed by atoms with Crippen LogP contribution in [0.4, 0.5) is 0 Å². The van der Waals surface area contributed by atoms with Gasteiger partial charge >= 0.3 is 5.97 Å². The van der Waals surface area contributed by atoms with Crippen LogP contribution in [-0.4, -0.2) is 99.6 Å². The first kappa shape index (κ1) is 69.6. The Morgan fingerprint density at radius 3 is 1.49 bits per heavy atom. The van der Waals surface area contributed by atoms with Crippen molar-refractivity contribution in [3.05, 3.63) is 97.2 Å². The van der Waals surface area contributed by atoms with Crippen molar-refractivity contribution in [3.8, 4) is 0 Å². The highest BCUT2D eigenvalue weighted by atomic mass is 16.7. The molecule has 0 saturated carbocycles. The third-order valence-corrected chi connectivity index (χ3v) is 13.5. The van der Waals surface area contributed by atoms with Gasteiger partial charge in [-0.1, -0.05) is 227 Å². The molecule has 6 N–H and O–H groups in total. The van der Waals surface area contributed by atoms with Gasteiger partial charge in [0.05, 0.1) is 25.4 Å². The molecular weight excluding hydrogens is 943 g/mol. The topological polar surface area (TPSA) is 175 Å². The highest BCUT2D eigenvalue weighted by Gasteiger charge is 2.47. The summed E-state index contributed by atoms with van der Waals surface area (Å²) in [5, 5.41) is 56.8. The lowest BCUT2D eigenvalue weighted by atomic mass is 9.99. The number of unbranched alkanes of at least 4 members (excludes halogenated alkanes) is 21. The molecule has 0 aromatic carbocycles. The lowest BCUT2D eigenvalue weighted by molar-refractivity contribution is -0.305. The van der Waals surface area contributed by atoms with E-state index in [1.54, 1.807) is 6.08 Å². The number of carbonyl (C=O) groups is 2. The summed E-state index contributed by atoms with van der Waals surface area (Å²) in [6.45, 7) is 5.59. The van der Waals surface area contributed by atoms with Crippen LogP contribution in [0.1, 0.15) is 233 Å². The van der Waals surface area contributed by atoms with Crippen LogP contribution in [0.25, 0.3) is 0 Å². The molecule has 8 unspecified atom stereocenters. The predicted molar refractivity (Wildman–Crippen MR) is 310 cm³/mol. The van der Waals surface area contributed by atoms with Gasteiger partial charge in [0.2, 0.25) is 5.91 Å². The van der Waals surface area contributed by atoms with Gasteiger partial charge in [-0.15, -0.1) is 0 Å². The van der Waals surface area contributed by atoms with Crippen molar-refractivity contribution >= 4 is 11.9 Å². The number of hydrogen-bond donors (Lipinski definition) is 6. The first-order valence-corrected chi connectivity index (χ1v) is 30.0. The second-order valence-corrected chi connectivity index (χ2v) is 20.3. The molecule has 11 heteroatoms. The molecule has 8 atom stereocenters. The quantitative estimate of drug-likeness (QED) is 0.0195. The van der Waals surface area contributed by atoms with Gasteiger partial charge in [0.25, 0.3) is 0 Å². The number of allylic oxidation sites excluding steroid dienone is 15. The van der Waals surface area contributed by atoms with Crippen LogP contribution >= 0.6 is 0 Å². The average molecular weight is 1050 g/mol. The van der Waals surface area contributed by atoms with Gasteiger partial charge in [-0.05, 0) is 96.3 Å². The summed E-state index contributed by atoms with van der Waals surface area (Å²) in [6, 6.07) is -1.04. The van der Waals surface area contributed by atoms with Crippen molar-refractivity contribution in [1.29, 1.82) is 0 Å². The van der Waals surface area contributed by atoms with E-state index in [4.69, 9.17) is 14.2 Å². The number of aliphatic hydroxyl groups is 5. The van der Waals surface area contributed by atoms with Gasteiger partial charge in [-0.3, -0.25) is 9.59 Å². The Labute approximate surface area is 456 Å². The van der Waals surface area contributed by atoms with Gasteiger partial charge in [0.1, 0.15) is 24.4 Å². The van der Waals surface area contributed by atoms with Gasteiger partial charge in [0.15, 0.2) is 12.4 Å². The summed E-state index contributed by atoms with van der Waals surface area (Å²) in [7, 11) is 0. The van der Waals surface area contributed by atoms with E-state index in [9.17, 15) is 35.1 Å². The van der Waals surface area contributed by atoms with Crippen LogP contribution in [0.2, 0.25) is 0 Å². The molecule has 75 heavy (non-hydrogen) atoms. The van der Waals surface area contributed by atoms with Crippen LogP contribution in [-0.2, 0) is 23.8 Å². The minimum Gasteiger partial charge on any atom is -0.454 e. The van der Waals surface area contributed by atoms with Crippen molar-refractivity contribution < 1.29 is 49.3 Å². The Bertz CT molecular complexity index is 1580. The minimum absolute atomic E-state index is 0.0880. The van der Waals surface area contributed by atoms with Crippen LogP contribution in [0.15, 0.2) is 97.2 Å². The summed E-state index contributed by atoms with van der Waals surface area (Å²) in [5.74, 6) is -1.24. The molecule has 11 nitrogen and oxygen atoms in total. The molecule has 0 spiro atoms. The number of nitrogens with one attached hydrogen (secondary N) is 1. The Morgan fingerprint density at radius 1 is 0.533 bits per heavy atom. The highest BCUT2D eigenvalue weighted by Crippen LogP contribution is 2.26. The Balaban J connectivity index is 2.68. The smallest absolute Gasteiger partial charge is 0.306 e. The Hall–Kier alpha value is -3.42. The number of esters is 1. The number of rotatable bonds is 49. The zero-order valence-corrected chi connectivity index (χ0v) is 47.4. The number of aliphatic hydroxyl groups excluding tert-OH is 5. The second kappa shape index (κ2) is 51.3. The standard InChI is InChI=1S/C64H109NO10/c1-4-7-10-13-16-19-22-24-25-26-27-28-29-30-31-32-33-35-37-40-43-46-49-52-59(69)75-62-61(71)60(70)58(53-66)74-64(62)73-54-55(56(67)50-47-44-41-39-36-34-23-20-17-14-11-8-5-2)65-63(72)57(68)51-48-45-42-38-21-18-15-12-9-6-3/h7,10,15-16,18-19,24-25,27-28,30-31,33,35,47,50,55-58,60-62,64,66-68,70-71H,4-6,8-9,11-14,17,20-23,26,29,32,34,36-46,48-49,51-54H2,1-3H3,(H,65,72)/b10-7-,18-15-,19-16-,25-24-,28-27-,31-30-,35-33-,50-47+. The fourth-order valence-corrected chi connectivity index (χ4v) is 8.69. The molecule has 1 fully saturated rings. The van der Waals surface area contributed by atoms with Crippen LogP contribution in [0, 0.1) is 0 Å². The summed E-state index contributed by atoms with van der Waals surface area (Å²) >= 11 is 0. The molecular formula is C64H109NO10. The third kappa shape index (κ3) is 39.6. The summed E-state index contributed by atoms with van der Waals surface area (Å²) < 4.78 is 17.6.